The first-order valence-electron chi connectivity index (χ1n) is 6.87. The SMILES string of the molecule is CSN1CC(CN2CCN(C(C)C)[C@H](C)C2)C1. The van der Waals surface area contributed by atoms with Gasteiger partial charge in [-0.15, -0.1) is 0 Å². The molecule has 2 heterocycles. The highest BCUT2D eigenvalue weighted by Crippen LogP contribution is 2.24. The lowest BCUT2D eigenvalue weighted by atomic mass is 10.0. The van der Waals surface area contributed by atoms with Crippen LogP contribution in [-0.4, -0.2) is 71.7 Å². The van der Waals surface area contributed by atoms with E-state index in [1.54, 1.807) is 0 Å². The normalized spacial score (nSPS) is 29.8. The lowest BCUT2D eigenvalue weighted by molar-refractivity contribution is 0.0388. The molecular weight excluding hydrogens is 230 g/mol. The molecule has 0 radical (unpaired) electrons. The fraction of sp³-hybridized carbons (Fsp3) is 1.00. The highest BCUT2D eigenvalue weighted by molar-refractivity contribution is 7.96. The van der Waals surface area contributed by atoms with Crippen molar-refractivity contribution in [3.05, 3.63) is 0 Å². The Balaban J connectivity index is 1.71. The van der Waals surface area contributed by atoms with Gasteiger partial charge in [0.1, 0.15) is 0 Å². The maximum atomic E-state index is 2.67. The average molecular weight is 257 g/mol. The molecule has 0 aromatic carbocycles. The molecule has 3 nitrogen and oxygen atoms in total. The van der Waals surface area contributed by atoms with Crippen LogP contribution < -0.4 is 0 Å². The third kappa shape index (κ3) is 3.37. The highest BCUT2D eigenvalue weighted by atomic mass is 32.2. The molecule has 0 N–H and O–H groups in total. The quantitative estimate of drug-likeness (QED) is 0.708. The van der Waals surface area contributed by atoms with Gasteiger partial charge in [0, 0.05) is 51.4 Å². The van der Waals surface area contributed by atoms with Crippen LogP contribution in [0.25, 0.3) is 0 Å². The Morgan fingerprint density at radius 2 is 1.88 bits per heavy atom. The summed E-state index contributed by atoms with van der Waals surface area (Å²) >= 11 is 1.89. The van der Waals surface area contributed by atoms with Crippen LogP contribution in [0.2, 0.25) is 0 Å². The van der Waals surface area contributed by atoms with E-state index in [2.05, 4.69) is 41.1 Å². The number of nitrogens with zero attached hydrogens (tertiary/aromatic N) is 3. The topological polar surface area (TPSA) is 9.72 Å². The lowest BCUT2D eigenvalue weighted by Gasteiger charge is -2.45. The lowest BCUT2D eigenvalue weighted by Crippen LogP contribution is -2.57. The first-order valence-corrected chi connectivity index (χ1v) is 8.05. The van der Waals surface area contributed by atoms with Crippen molar-refractivity contribution in [2.75, 3.05) is 45.5 Å². The molecule has 2 aliphatic rings. The van der Waals surface area contributed by atoms with Gasteiger partial charge in [-0.3, -0.25) is 9.21 Å². The van der Waals surface area contributed by atoms with Crippen molar-refractivity contribution in [1.82, 2.24) is 14.1 Å². The second kappa shape index (κ2) is 5.91. The van der Waals surface area contributed by atoms with Gasteiger partial charge in [0.2, 0.25) is 0 Å². The van der Waals surface area contributed by atoms with Gasteiger partial charge in [0.25, 0.3) is 0 Å². The van der Waals surface area contributed by atoms with Gasteiger partial charge in [0.15, 0.2) is 0 Å². The Morgan fingerprint density at radius 3 is 2.41 bits per heavy atom. The summed E-state index contributed by atoms with van der Waals surface area (Å²) in [6.45, 7) is 14.7. The Kier molecular flexibility index (Phi) is 4.75. The molecule has 2 rings (SSSR count). The second-order valence-corrected chi connectivity index (χ2v) is 6.72. The molecule has 0 amide bonds. The van der Waals surface area contributed by atoms with E-state index in [0.717, 1.165) is 12.0 Å². The fourth-order valence-electron chi connectivity index (χ4n) is 3.13. The van der Waals surface area contributed by atoms with Crippen LogP contribution in [0.1, 0.15) is 20.8 Å². The summed E-state index contributed by atoms with van der Waals surface area (Å²) in [7, 11) is 0. The van der Waals surface area contributed by atoms with Gasteiger partial charge in [-0.25, -0.2) is 0 Å². The van der Waals surface area contributed by atoms with Crippen molar-refractivity contribution in [1.29, 1.82) is 0 Å². The molecule has 0 aromatic heterocycles. The molecule has 0 aliphatic carbocycles. The van der Waals surface area contributed by atoms with E-state index < -0.39 is 0 Å². The minimum absolute atomic E-state index is 0.697. The molecule has 100 valence electrons. The second-order valence-electron chi connectivity index (χ2n) is 5.84. The van der Waals surface area contributed by atoms with E-state index in [1.807, 2.05) is 11.9 Å². The number of rotatable bonds is 4. The van der Waals surface area contributed by atoms with Crippen LogP contribution in [0.3, 0.4) is 0 Å². The summed E-state index contributed by atoms with van der Waals surface area (Å²) in [5.74, 6) is 0.917. The summed E-state index contributed by atoms with van der Waals surface area (Å²) < 4.78 is 2.46. The summed E-state index contributed by atoms with van der Waals surface area (Å²) in [4.78, 5) is 5.30. The van der Waals surface area contributed by atoms with E-state index in [1.165, 1.54) is 39.3 Å². The maximum Gasteiger partial charge on any atom is 0.0198 e. The number of hydrogen-bond acceptors (Lipinski definition) is 4. The summed E-state index contributed by atoms with van der Waals surface area (Å²) in [6.07, 6.45) is 2.18. The minimum atomic E-state index is 0.697. The Morgan fingerprint density at radius 1 is 1.18 bits per heavy atom. The number of piperazine rings is 1. The average Bonchev–Trinajstić information content (AvgIpc) is 2.22. The Labute approximate surface area is 111 Å². The number of hydrogen-bond donors (Lipinski definition) is 0. The maximum absolute atomic E-state index is 2.67. The molecule has 0 unspecified atom stereocenters. The Bertz CT molecular complexity index is 241. The molecule has 0 spiro atoms. The van der Waals surface area contributed by atoms with Crippen molar-refractivity contribution in [3.63, 3.8) is 0 Å². The van der Waals surface area contributed by atoms with Crippen molar-refractivity contribution in [2.24, 2.45) is 5.92 Å². The molecule has 17 heavy (non-hydrogen) atoms. The monoisotopic (exact) mass is 257 g/mol. The van der Waals surface area contributed by atoms with Crippen molar-refractivity contribution < 1.29 is 0 Å². The van der Waals surface area contributed by atoms with Crippen LogP contribution in [-0.2, 0) is 0 Å². The predicted molar refractivity (Wildman–Crippen MR) is 76.3 cm³/mol. The molecule has 0 saturated carbocycles. The van der Waals surface area contributed by atoms with E-state index in [-0.39, 0.29) is 0 Å². The molecule has 4 heteroatoms. The van der Waals surface area contributed by atoms with Gasteiger partial charge in [-0.1, -0.05) is 11.9 Å². The van der Waals surface area contributed by atoms with E-state index in [9.17, 15) is 0 Å². The summed E-state index contributed by atoms with van der Waals surface area (Å²) in [6, 6.07) is 1.42. The smallest absolute Gasteiger partial charge is 0.0198 e. The first-order chi connectivity index (χ1) is 8.10. The summed E-state index contributed by atoms with van der Waals surface area (Å²) in [5, 5.41) is 0. The van der Waals surface area contributed by atoms with Gasteiger partial charge < -0.3 is 4.90 Å². The molecule has 1 atom stereocenters. The van der Waals surface area contributed by atoms with E-state index >= 15 is 0 Å². The molecule has 0 aromatic rings. The van der Waals surface area contributed by atoms with Gasteiger partial charge in [-0.2, -0.15) is 0 Å². The van der Waals surface area contributed by atoms with Crippen LogP contribution in [0.15, 0.2) is 0 Å². The largest absolute Gasteiger partial charge is 0.300 e. The first kappa shape index (κ1) is 13.7. The minimum Gasteiger partial charge on any atom is -0.300 e. The summed E-state index contributed by atoms with van der Waals surface area (Å²) in [5.41, 5.74) is 0. The molecular formula is C13H27N3S. The predicted octanol–water partition coefficient (Wildman–Crippen LogP) is 1.61. The standard InChI is InChI=1S/C13H27N3S/c1-11(2)16-6-5-14(7-12(16)3)8-13-9-15(10-13)17-4/h11-13H,5-10H2,1-4H3/t12-/m1/s1. The van der Waals surface area contributed by atoms with Crippen molar-refractivity contribution in [3.8, 4) is 0 Å². The van der Waals surface area contributed by atoms with Crippen LogP contribution >= 0.6 is 11.9 Å². The van der Waals surface area contributed by atoms with Gasteiger partial charge >= 0.3 is 0 Å². The van der Waals surface area contributed by atoms with Gasteiger partial charge in [0.05, 0.1) is 0 Å². The third-order valence-corrected chi connectivity index (χ3v) is 4.94. The fourth-order valence-corrected chi connectivity index (χ4v) is 3.85. The van der Waals surface area contributed by atoms with Crippen LogP contribution in [0.4, 0.5) is 0 Å². The molecule has 2 saturated heterocycles. The molecule has 2 aliphatic heterocycles. The van der Waals surface area contributed by atoms with Gasteiger partial charge in [-0.05, 0) is 32.9 Å². The van der Waals surface area contributed by atoms with Crippen molar-refractivity contribution in [2.45, 2.75) is 32.9 Å². The van der Waals surface area contributed by atoms with Crippen LogP contribution in [0, 0.1) is 5.92 Å². The van der Waals surface area contributed by atoms with Crippen LogP contribution in [0.5, 0.6) is 0 Å². The van der Waals surface area contributed by atoms with E-state index in [0.29, 0.717) is 6.04 Å². The zero-order valence-corrected chi connectivity index (χ0v) is 12.5. The zero-order valence-electron chi connectivity index (χ0n) is 11.7. The highest BCUT2D eigenvalue weighted by Gasteiger charge is 2.31. The Hall–Kier alpha value is 0.230. The van der Waals surface area contributed by atoms with Crippen molar-refractivity contribution >= 4 is 11.9 Å². The molecule has 0 bridgehead atoms. The molecule has 2 fully saturated rings. The third-order valence-electron chi connectivity index (χ3n) is 4.12. The zero-order chi connectivity index (χ0) is 12.4. The van der Waals surface area contributed by atoms with E-state index in [4.69, 9.17) is 0 Å².